The number of hydrogen-bond acceptors (Lipinski definition) is 6. The lowest BCUT2D eigenvalue weighted by molar-refractivity contribution is -0.114. The van der Waals surface area contributed by atoms with Gasteiger partial charge in [0.2, 0.25) is 6.79 Å². The van der Waals surface area contributed by atoms with Gasteiger partial charge in [-0.2, -0.15) is 4.99 Å². The lowest BCUT2D eigenvalue weighted by atomic mass is 10.1. The minimum Gasteiger partial charge on any atom is -0.489 e. The van der Waals surface area contributed by atoms with Gasteiger partial charge >= 0.3 is 0 Å². The fourth-order valence-electron chi connectivity index (χ4n) is 3.06. The van der Waals surface area contributed by atoms with Crippen molar-refractivity contribution in [3.63, 3.8) is 0 Å². The Hall–Kier alpha value is -3.52. The van der Waals surface area contributed by atoms with E-state index in [1.807, 2.05) is 42.5 Å². The number of ether oxygens (including phenoxy) is 3. The normalized spacial score (nSPS) is 18.3. The quantitative estimate of drug-likeness (QED) is 0.780. The summed E-state index contributed by atoms with van der Waals surface area (Å²) in [6.45, 7) is 0.646. The van der Waals surface area contributed by atoms with Crippen LogP contribution >= 0.6 is 11.8 Å². The van der Waals surface area contributed by atoms with Gasteiger partial charge in [-0.15, -0.1) is 0 Å². The number of thioether (sulfide) groups is 1. The number of amides is 1. The monoisotopic (exact) mass is 405 g/mol. The first-order valence-corrected chi connectivity index (χ1v) is 9.73. The Morgan fingerprint density at radius 2 is 2.00 bits per heavy atom. The van der Waals surface area contributed by atoms with Crippen molar-refractivity contribution in [1.82, 2.24) is 4.90 Å². The molecule has 29 heavy (non-hydrogen) atoms. The minimum atomic E-state index is -0.402. The second kappa shape index (κ2) is 7.14. The van der Waals surface area contributed by atoms with E-state index in [-0.39, 0.29) is 18.2 Å². The number of rotatable bonds is 4. The molecule has 3 aliphatic heterocycles. The summed E-state index contributed by atoms with van der Waals surface area (Å²) in [5.74, 6) is 1.90. The molecule has 2 aromatic carbocycles. The van der Waals surface area contributed by atoms with E-state index in [2.05, 4.69) is 4.99 Å². The Kier molecular flexibility index (Phi) is 4.33. The number of carbonyl (C=O) groups excluding carboxylic acids is 1. The number of carbonyl (C=O) groups is 1. The smallest absolute Gasteiger partial charge is 0.283 e. The fourth-order valence-corrected chi connectivity index (χ4v) is 3.76. The predicted molar refractivity (Wildman–Crippen MR) is 110 cm³/mol. The van der Waals surface area contributed by atoms with E-state index in [4.69, 9.17) is 19.6 Å². The number of benzene rings is 2. The second-order valence-corrected chi connectivity index (χ2v) is 7.30. The zero-order valence-corrected chi connectivity index (χ0v) is 15.9. The van der Waals surface area contributed by atoms with E-state index < -0.39 is 5.91 Å². The lowest BCUT2D eigenvalue weighted by Gasteiger charge is -2.22. The van der Waals surface area contributed by atoms with Crippen LogP contribution in [0, 0.1) is 5.41 Å². The summed E-state index contributed by atoms with van der Waals surface area (Å²) in [5.41, 5.74) is 2.03. The van der Waals surface area contributed by atoms with E-state index in [1.165, 1.54) is 11.8 Å². The molecular weight excluding hydrogens is 390 g/mol. The Morgan fingerprint density at radius 3 is 2.86 bits per heavy atom. The van der Waals surface area contributed by atoms with Gasteiger partial charge in [-0.05, 0) is 46.9 Å². The first kappa shape index (κ1) is 17.6. The number of hydrogen-bond donors (Lipinski definition) is 1. The molecular formula is C21H15N3O4S. The van der Waals surface area contributed by atoms with Gasteiger partial charge in [-0.1, -0.05) is 30.0 Å². The molecule has 3 aliphatic rings. The van der Waals surface area contributed by atoms with Gasteiger partial charge < -0.3 is 14.2 Å². The maximum atomic E-state index is 12.3. The molecule has 0 saturated heterocycles. The molecule has 2 aromatic rings. The summed E-state index contributed by atoms with van der Waals surface area (Å²) in [4.78, 5) is 17.9. The SMILES string of the molecule is N=C1C(=Cc2ccc(OCc3ccc4c(c3)OCO4)cc2)C(=O)N=C2SC=CN12. The summed E-state index contributed by atoms with van der Waals surface area (Å²) in [6, 6.07) is 13.1. The molecule has 1 amide bonds. The van der Waals surface area contributed by atoms with Crippen LogP contribution in [0.5, 0.6) is 17.2 Å². The largest absolute Gasteiger partial charge is 0.489 e. The van der Waals surface area contributed by atoms with Crippen LogP contribution in [0.4, 0.5) is 0 Å². The van der Waals surface area contributed by atoms with Crippen molar-refractivity contribution < 1.29 is 19.0 Å². The molecule has 0 saturated carbocycles. The van der Waals surface area contributed by atoms with E-state index in [9.17, 15) is 4.79 Å². The lowest BCUT2D eigenvalue weighted by Crippen LogP contribution is -2.35. The average Bonchev–Trinajstić information content (AvgIpc) is 3.39. The third kappa shape index (κ3) is 3.38. The zero-order chi connectivity index (χ0) is 19.8. The first-order valence-electron chi connectivity index (χ1n) is 8.85. The summed E-state index contributed by atoms with van der Waals surface area (Å²) < 4.78 is 16.5. The Labute approximate surface area is 170 Å². The van der Waals surface area contributed by atoms with Crippen molar-refractivity contribution >= 4 is 34.7 Å². The van der Waals surface area contributed by atoms with Crippen LogP contribution in [0.3, 0.4) is 0 Å². The number of fused-ring (bicyclic) bond motifs is 2. The van der Waals surface area contributed by atoms with Crippen molar-refractivity contribution in [1.29, 1.82) is 5.41 Å². The van der Waals surface area contributed by atoms with Crippen LogP contribution < -0.4 is 14.2 Å². The van der Waals surface area contributed by atoms with Crippen LogP contribution in [-0.4, -0.2) is 28.6 Å². The maximum Gasteiger partial charge on any atom is 0.283 e. The molecule has 0 unspecified atom stereocenters. The van der Waals surface area contributed by atoms with Gasteiger partial charge in [0.25, 0.3) is 5.91 Å². The molecule has 1 N–H and O–H groups in total. The topological polar surface area (TPSA) is 84.2 Å². The highest BCUT2D eigenvalue weighted by Gasteiger charge is 2.30. The van der Waals surface area contributed by atoms with Crippen molar-refractivity contribution in [3.8, 4) is 17.2 Å². The molecule has 0 fully saturated rings. The fraction of sp³-hybridized carbons (Fsp3) is 0.0952. The molecule has 0 spiro atoms. The van der Waals surface area contributed by atoms with Gasteiger partial charge in [0.1, 0.15) is 18.2 Å². The number of aliphatic imine (C=N–C) groups is 1. The van der Waals surface area contributed by atoms with E-state index in [1.54, 1.807) is 22.6 Å². The molecule has 0 atom stereocenters. The molecule has 0 aromatic heterocycles. The number of amidine groups is 2. The van der Waals surface area contributed by atoms with E-state index in [0.717, 1.165) is 22.6 Å². The van der Waals surface area contributed by atoms with Gasteiger partial charge in [-0.25, -0.2) is 0 Å². The highest BCUT2D eigenvalue weighted by atomic mass is 32.2. The van der Waals surface area contributed by atoms with Crippen LogP contribution in [0.15, 0.2) is 64.6 Å². The zero-order valence-electron chi connectivity index (χ0n) is 15.1. The Balaban J connectivity index is 1.28. The minimum absolute atomic E-state index is 0.129. The standard InChI is InChI=1S/C21H15N3O4S/c22-19-16(20(25)23-21-24(19)7-8-29-21)9-13-1-4-15(5-2-13)26-11-14-3-6-17-18(10-14)28-12-27-17/h1-10,22H,11-12H2. The Morgan fingerprint density at radius 1 is 1.17 bits per heavy atom. The number of nitrogens with zero attached hydrogens (tertiary/aromatic N) is 2. The second-order valence-electron chi connectivity index (χ2n) is 6.42. The molecule has 0 radical (unpaired) electrons. The van der Waals surface area contributed by atoms with Crippen LogP contribution in [-0.2, 0) is 11.4 Å². The van der Waals surface area contributed by atoms with Crippen molar-refractivity contribution in [2.75, 3.05) is 6.79 Å². The third-order valence-corrected chi connectivity index (χ3v) is 5.30. The molecule has 0 aliphatic carbocycles. The summed E-state index contributed by atoms with van der Waals surface area (Å²) in [6.07, 6.45) is 3.41. The van der Waals surface area contributed by atoms with Crippen molar-refractivity contribution in [3.05, 3.63) is 70.8 Å². The third-order valence-electron chi connectivity index (χ3n) is 4.55. The van der Waals surface area contributed by atoms with Crippen molar-refractivity contribution in [2.45, 2.75) is 6.61 Å². The summed E-state index contributed by atoms with van der Waals surface area (Å²) in [5, 5.41) is 10.6. The molecule has 8 heteroatoms. The highest BCUT2D eigenvalue weighted by Crippen LogP contribution is 2.33. The van der Waals surface area contributed by atoms with Crippen LogP contribution in [0.2, 0.25) is 0 Å². The average molecular weight is 405 g/mol. The van der Waals surface area contributed by atoms with Gasteiger partial charge in [0.05, 0.1) is 5.57 Å². The maximum absolute atomic E-state index is 12.3. The summed E-state index contributed by atoms with van der Waals surface area (Å²) in [7, 11) is 0. The van der Waals surface area contributed by atoms with Crippen molar-refractivity contribution in [2.24, 2.45) is 4.99 Å². The van der Waals surface area contributed by atoms with Crippen LogP contribution in [0.25, 0.3) is 6.08 Å². The molecule has 3 heterocycles. The molecule has 7 nitrogen and oxygen atoms in total. The van der Waals surface area contributed by atoms with Gasteiger partial charge in [-0.3, -0.25) is 15.1 Å². The predicted octanol–water partition coefficient (Wildman–Crippen LogP) is 3.77. The molecule has 5 rings (SSSR count). The molecule has 144 valence electrons. The number of nitrogens with one attached hydrogen (secondary N) is 1. The van der Waals surface area contributed by atoms with Gasteiger partial charge in [0.15, 0.2) is 16.7 Å². The van der Waals surface area contributed by atoms with E-state index in [0.29, 0.717) is 17.5 Å². The van der Waals surface area contributed by atoms with E-state index >= 15 is 0 Å². The first-order chi connectivity index (χ1) is 14.2. The molecule has 0 bridgehead atoms. The summed E-state index contributed by atoms with van der Waals surface area (Å²) >= 11 is 1.33. The highest BCUT2D eigenvalue weighted by molar-refractivity contribution is 8.16. The Bertz CT molecular complexity index is 1110. The van der Waals surface area contributed by atoms with Crippen LogP contribution in [0.1, 0.15) is 11.1 Å². The van der Waals surface area contributed by atoms with Gasteiger partial charge in [0, 0.05) is 6.20 Å².